The van der Waals surface area contributed by atoms with Crippen molar-refractivity contribution in [1.82, 2.24) is 0 Å². The molecule has 0 rings (SSSR count). The van der Waals surface area contributed by atoms with Gasteiger partial charge in [-0.3, -0.25) is 0 Å². The predicted molar refractivity (Wildman–Crippen MR) is 56.7 cm³/mol. The van der Waals surface area contributed by atoms with Gasteiger partial charge < -0.3 is 9.79 Å². The molecule has 0 aromatic rings. The molecule has 1 unspecified atom stereocenters. The normalized spacial score (nSPS) is 17.9. The average Bonchev–Trinajstić information content (AvgIpc) is 1.79. The number of phosphoric acid groups is 1. The van der Waals surface area contributed by atoms with E-state index in [1.165, 1.54) is 6.92 Å². The van der Waals surface area contributed by atoms with Gasteiger partial charge in [-0.15, -0.1) is 11.6 Å². The summed E-state index contributed by atoms with van der Waals surface area (Å²) in [5.74, 6) is 0. The quantitative estimate of drug-likeness (QED) is 0.602. The van der Waals surface area contributed by atoms with Crippen molar-refractivity contribution in [1.29, 1.82) is 0 Å². The Kier molecular flexibility index (Phi) is 5.22. The average molecular weight is 285 g/mol. The van der Waals surface area contributed by atoms with Crippen LogP contribution in [0.4, 0.5) is 0 Å². The molecule has 0 aromatic heterocycles. The van der Waals surface area contributed by atoms with Gasteiger partial charge in [0.05, 0.1) is 0 Å². The van der Waals surface area contributed by atoms with E-state index in [1.54, 1.807) is 0 Å². The van der Waals surface area contributed by atoms with Crippen LogP contribution in [0.3, 0.4) is 0 Å². The summed E-state index contributed by atoms with van der Waals surface area (Å²) in [4.78, 5) is 15.8. The van der Waals surface area contributed by atoms with Crippen molar-refractivity contribution in [2.75, 3.05) is 0 Å². The van der Waals surface area contributed by atoms with Crippen LogP contribution >= 0.6 is 42.6 Å². The summed E-state index contributed by atoms with van der Waals surface area (Å²) in [6.07, 6.45) is 1.02. The molecular formula is C6H12Cl3O4P. The summed E-state index contributed by atoms with van der Waals surface area (Å²) in [5, 5.41) is 0. The minimum Gasteiger partial charge on any atom is -0.303 e. The van der Waals surface area contributed by atoms with E-state index in [0.717, 1.165) is 0 Å². The summed E-state index contributed by atoms with van der Waals surface area (Å²) in [7, 11) is -4.76. The second-order valence-electron chi connectivity index (χ2n) is 3.05. The molecule has 0 fully saturated rings. The van der Waals surface area contributed by atoms with Crippen molar-refractivity contribution in [3.63, 3.8) is 0 Å². The van der Waals surface area contributed by atoms with Crippen molar-refractivity contribution < 1.29 is 18.9 Å². The fourth-order valence-corrected chi connectivity index (χ4v) is 2.37. The first-order chi connectivity index (χ1) is 6.02. The van der Waals surface area contributed by atoms with Crippen LogP contribution in [0, 0.1) is 0 Å². The van der Waals surface area contributed by atoms with Crippen LogP contribution in [-0.2, 0) is 9.09 Å². The van der Waals surface area contributed by atoms with Gasteiger partial charge in [0.2, 0.25) is 4.52 Å². The Balaban J connectivity index is 4.68. The minimum atomic E-state index is -4.76. The summed E-state index contributed by atoms with van der Waals surface area (Å²) in [5.41, 5.74) is 0. The van der Waals surface area contributed by atoms with E-state index >= 15 is 0 Å². The van der Waals surface area contributed by atoms with E-state index in [9.17, 15) is 4.57 Å². The second kappa shape index (κ2) is 4.88. The predicted octanol–water partition coefficient (Wildman–Crippen LogP) is 3.02. The minimum absolute atomic E-state index is 0.363. The Morgan fingerprint density at radius 2 is 1.79 bits per heavy atom. The van der Waals surface area contributed by atoms with Gasteiger partial charge in [0.1, 0.15) is 4.87 Å². The zero-order chi connectivity index (χ0) is 11.6. The van der Waals surface area contributed by atoms with Crippen LogP contribution in [0.15, 0.2) is 0 Å². The van der Waals surface area contributed by atoms with Gasteiger partial charge in [-0.25, -0.2) is 9.09 Å². The highest BCUT2D eigenvalue weighted by molar-refractivity contribution is 7.46. The topological polar surface area (TPSA) is 66.8 Å². The van der Waals surface area contributed by atoms with Crippen molar-refractivity contribution in [2.24, 2.45) is 0 Å². The number of alkyl halides is 3. The Morgan fingerprint density at radius 3 is 2.07 bits per heavy atom. The van der Waals surface area contributed by atoms with Crippen LogP contribution in [0.1, 0.15) is 26.7 Å². The van der Waals surface area contributed by atoms with Crippen LogP contribution < -0.4 is 0 Å². The molecule has 0 bridgehead atoms. The van der Waals surface area contributed by atoms with Gasteiger partial charge in [-0.2, -0.15) is 0 Å². The third-order valence-electron chi connectivity index (χ3n) is 1.56. The molecule has 0 saturated heterocycles. The molecule has 0 spiro atoms. The maximum atomic E-state index is 10.5. The Morgan fingerprint density at radius 1 is 1.36 bits per heavy atom. The maximum absolute atomic E-state index is 10.5. The molecule has 8 heteroatoms. The summed E-state index contributed by atoms with van der Waals surface area (Å²) in [6, 6.07) is 0. The molecular weight excluding hydrogens is 273 g/mol. The Bertz CT molecular complexity index is 237. The van der Waals surface area contributed by atoms with Gasteiger partial charge in [-0.05, 0) is 13.3 Å². The largest absolute Gasteiger partial charge is 0.472 e. The van der Waals surface area contributed by atoms with Crippen LogP contribution in [0.25, 0.3) is 0 Å². The lowest BCUT2D eigenvalue weighted by atomic mass is 10.1. The molecule has 0 aliphatic carbocycles. The van der Waals surface area contributed by atoms with Crippen molar-refractivity contribution in [2.45, 2.75) is 36.1 Å². The molecule has 0 radical (unpaired) electrons. The molecule has 86 valence electrons. The van der Waals surface area contributed by atoms with E-state index in [-0.39, 0.29) is 0 Å². The van der Waals surface area contributed by atoms with Crippen LogP contribution in [0.5, 0.6) is 0 Å². The lowest BCUT2D eigenvalue weighted by Gasteiger charge is -2.34. The third-order valence-corrected chi connectivity index (χ3v) is 3.92. The van der Waals surface area contributed by atoms with E-state index in [2.05, 4.69) is 4.52 Å². The van der Waals surface area contributed by atoms with E-state index in [4.69, 9.17) is 44.6 Å². The smallest absolute Gasteiger partial charge is 0.303 e. The first-order valence-electron chi connectivity index (χ1n) is 3.85. The highest BCUT2D eigenvalue weighted by Crippen LogP contribution is 2.52. The Labute approximate surface area is 97.7 Å². The molecule has 0 aliphatic heterocycles. The molecule has 4 nitrogen and oxygen atoms in total. The number of hydrogen-bond acceptors (Lipinski definition) is 2. The fourth-order valence-electron chi connectivity index (χ4n) is 0.860. The van der Waals surface area contributed by atoms with Gasteiger partial charge in [0.25, 0.3) is 0 Å². The fraction of sp³-hybridized carbons (Fsp3) is 1.00. The summed E-state index contributed by atoms with van der Waals surface area (Å²) >= 11 is 17.1. The number of phosphoric ester groups is 1. The number of rotatable bonds is 5. The van der Waals surface area contributed by atoms with Crippen molar-refractivity contribution >= 4 is 42.6 Å². The van der Waals surface area contributed by atoms with Crippen LogP contribution in [-0.4, -0.2) is 19.2 Å². The standard InChI is InChI=1S/C6H12Cl3O4P/c1-3-4-5(2,7)6(8,9)13-14(10,11)12/h3-4H2,1-2H3,(H2,10,11,12). The lowest BCUT2D eigenvalue weighted by molar-refractivity contribution is 0.126. The zero-order valence-electron chi connectivity index (χ0n) is 7.71. The number of halogens is 3. The molecule has 0 amide bonds. The monoisotopic (exact) mass is 284 g/mol. The molecule has 0 heterocycles. The van der Waals surface area contributed by atoms with Gasteiger partial charge in [0.15, 0.2) is 0 Å². The summed E-state index contributed by atoms with van der Waals surface area (Å²) < 4.78 is 12.6. The van der Waals surface area contributed by atoms with E-state index in [1.807, 2.05) is 6.92 Å². The van der Waals surface area contributed by atoms with E-state index < -0.39 is 17.2 Å². The first kappa shape index (κ1) is 15.0. The first-order valence-corrected chi connectivity index (χ1v) is 6.51. The Hall–Kier alpha value is 0.980. The van der Waals surface area contributed by atoms with Crippen molar-refractivity contribution in [3.05, 3.63) is 0 Å². The van der Waals surface area contributed by atoms with Crippen LogP contribution in [0.2, 0.25) is 0 Å². The summed E-state index contributed by atoms with van der Waals surface area (Å²) in [6.45, 7) is 3.29. The highest BCUT2D eigenvalue weighted by Gasteiger charge is 2.49. The molecule has 2 N–H and O–H groups in total. The third kappa shape index (κ3) is 4.67. The molecule has 1 atom stereocenters. The molecule has 0 saturated carbocycles. The van der Waals surface area contributed by atoms with Crippen molar-refractivity contribution in [3.8, 4) is 0 Å². The molecule has 0 aliphatic rings. The SMILES string of the molecule is CCCC(C)(Cl)C(Cl)(Cl)OP(=O)(O)O. The second-order valence-corrected chi connectivity index (χ2v) is 6.30. The number of hydrogen-bond donors (Lipinski definition) is 2. The molecule has 0 aromatic carbocycles. The lowest BCUT2D eigenvalue weighted by Crippen LogP contribution is -2.40. The maximum Gasteiger partial charge on any atom is 0.472 e. The molecule has 14 heavy (non-hydrogen) atoms. The zero-order valence-corrected chi connectivity index (χ0v) is 10.9. The highest BCUT2D eigenvalue weighted by atomic mass is 35.5. The van der Waals surface area contributed by atoms with Gasteiger partial charge in [0, 0.05) is 0 Å². The van der Waals surface area contributed by atoms with Gasteiger partial charge >= 0.3 is 7.82 Å². The van der Waals surface area contributed by atoms with E-state index in [0.29, 0.717) is 12.8 Å². The van der Waals surface area contributed by atoms with Gasteiger partial charge in [-0.1, -0.05) is 36.5 Å².